The molecular formula is C16H25BrN2. The molecule has 1 aromatic rings. The number of benzene rings is 1. The Morgan fingerprint density at radius 3 is 2.79 bits per heavy atom. The van der Waals surface area contributed by atoms with Crippen LogP contribution in [-0.4, -0.2) is 37.1 Å². The van der Waals surface area contributed by atoms with E-state index in [1.165, 1.54) is 48.9 Å². The molecule has 0 spiro atoms. The molecule has 1 saturated heterocycles. The van der Waals surface area contributed by atoms with Crippen LogP contribution in [0.15, 0.2) is 28.7 Å². The van der Waals surface area contributed by atoms with Crippen molar-refractivity contribution in [1.29, 1.82) is 0 Å². The van der Waals surface area contributed by atoms with Crippen LogP contribution in [-0.2, 0) is 6.42 Å². The van der Waals surface area contributed by atoms with Gasteiger partial charge < -0.3 is 10.2 Å². The molecule has 0 amide bonds. The van der Waals surface area contributed by atoms with Crippen LogP contribution in [0.2, 0.25) is 0 Å². The summed E-state index contributed by atoms with van der Waals surface area (Å²) in [6.45, 7) is 7.13. The van der Waals surface area contributed by atoms with E-state index in [9.17, 15) is 0 Å². The third kappa shape index (κ3) is 5.64. The summed E-state index contributed by atoms with van der Waals surface area (Å²) in [6.07, 6.45) is 5.28. The largest absolute Gasteiger partial charge is 0.313 e. The standard InChI is InChI=1S/C16H25BrN2/c1-14(13-19-10-3-2-4-11-19)18-9-8-15-6-5-7-16(17)12-15/h5-7,12,14,18H,2-4,8-11,13H2,1H3. The highest BCUT2D eigenvalue weighted by molar-refractivity contribution is 9.10. The first-order valence-electron chi connectivity index (χ1n) is 7.44. The van der Waals surface area contributed by atoms with Crippen molar-refractivity contribution in [3.63, 3.8) is 0 Å². The Kier molecular flexibility index (Phi) is 6.35. The Labute approximate surface area is 125 Å². The smallest absolute Gasteiger partial charge is 0.0178 e. The molecule has 1 fully saturated rings. The second-order valence-corrected chi connectivity index (χ2v) is 6.51. The summed E-state index contributed by atoms with van der Waals surface area (Å²) in [5, 5.41) is 3.64. The molecule has 1 aliphatic rings. The van der Waals surface area contributed by atoms with Gasteiger partial charge in [0.05, 0.1) is 0 Å². The fourth-order valence-corrected chi connectivity index (χ4v) is 3.20. The lowest BCUT2D eigenvalue weighted by Crippen LogP contribution is -2.42. The highest BCUT2D eigenvalue weighted by atomic mass is 79.9. The van der Waals surface area contributed by atoms with Gasteiger partial charge in [0.25, 0.3) is 0 Å². The third-order valence-corrected chi connectivity index (χ3v) is 4.27. The van der Waals surface area contributed by atoms with Gasteiger partial charge in [-0.25, -0.2) is 0 Å². The summed E-state index contributed by atoms with van der Waals surface area (Å²) >= 11 is 3.52. The van der Waals surface area contributed by atoms with Crippen LogP contribution in [0.5, 0.6) is 0 Å². The highest BCUT2D eigenvalue weighted by Crippen LogP contribution is 2.12. The topological polar surface area (TPSA) is 15.3 Å². The van der Waals surface area contributed by atoms with Gasteiger partial charge in [-0.3, -0.25) is 0 Å². The Morgan fingerprint density at radius 2 is 2.05 bits per heavy atom. The van der Waals surface area contributed by atoms with E-state index < -0.39 is 0 Å². The van der Waals surface area contributed by atoms with Gasteiger partial charge in [-0.05, 0) is 63.5 Å². The molecular weight excluding hydrogens is 300 g/mol. The molecule has 0 saturated carbocycles. The molecule has 2 nitrogen and oxygen atoms in total. The molecule has 1 aliphatic heterocycles. The summed E-state index contributed by atoms with van der Waals surface area (Å²) in [5.74, 6) is 0. The number of nitrogens with one attached hydrogen (secondary N) is 1. The number of nitrogens with zero attached hydrogens (tertiary/aromatic N) is 1. The molecule has 0 bridgehead atoms. The number of hydrogen-bond acceptors (Lipinski definition) is 2. The van der Waals surface area contributed by atoms with Crippen molar-refractivity contribution in [2.24, 2.45) is 0 Å². The molecule has 1 heterocycles. The number of hydrogen-bond donors (Lipinski definition) is 1. The SMILES string of the molecule is CC(CN1CCCCC1)NCCc1cccc(Br)c1. The molecule has 19 heavy (non-hydrogen) atoms. The van der Waals surface area contributed by atoms with Crippen LogP contribution < -0.4 is 5.32 Å². The van der Waals surface area contributed by atoms with Crippen molar-refractivity contribution in [1.82, 2.24) is 10.2 Å². The minimum atomic E-state index is 0.588. The maximum absolute atomic E-state index is 3.64. The van der Waals surface area contributed by atoms with Gasteiger partial charge in [0.1, 0.15) is 0 Å². The first kappa shape index (κ1) is 15.0. The Bertz CT molecular complexity index is 375. The summed E-state index contributed by atoms with van der Waals surface area (Å²) in [7, 11) is 0. The van der Waals surface area contributed by atoms with Crippen LogP contribution in [0.25, 0.3) is 0 Å². The lowest BCUT2D eigenvalue weighted by atomic mass is 10.1. The molecule has 0 radical (unpaired) electrons. The Morgan fingerprint density at radius 1 is 1.26 bits per heavy atom. The number of piperidine rings is 1. The summed E-state index contributed by atoms with van der Waals surface area (Å²) < 4.78 is 1.17. The van der Waals surface area contributed by atoms with Crippen molar-refractivity contribution >= 4 is 15.9 Å². The van der Waals surface area contributed by atoms with E-state index in [-0.39, 0.29) is 0 Å². The number of halogens is 1. The van der Waals surface area contributed by atoms with E-state index in [4.69, 9.17) is 0 Å². The van der Waals surface area contributed by atoms with E-state index in [1.54, 1.807) is 0 Å². The van der Waals surface area contributed by atoms with Crippen LogP contribution in [0.3, 0.4) is 0 Å². The monoisotopic (exact) mass is 324 g/mol. The van der Waals surface area contributed by atoms with Crippen molar-refractivity contribution in [3.05, 3.63) is 34.3 Å². The van der Waals surface area contributed by atoms with Gasteiger partial charge in [-0.1, -0.05) is 34.5 Å². The molecule has 1 unspecified atom stereocenters. The van der Waals surface area contributed by atoms with Crippen molar-refractivity contribution in [3.8, 4) is 0 Å². The maximum atomic E-state index is 3.64. The number of likely N-dealkylation sites (tertiary alicyclic amines) is 1. The highest BCUT2D eigenvalue weighted by Gasteiger charge is 2.12. The first-order chi connectivity index (χ1) is 9.24. The predicted molar refractivity (Wildman–Crippen MR) is 85.6 cm³/mol. The Hall–Kier alpha value is -0.380. The maximum Gasteiger partial charge on any atom is 0.0178 e. The Balaban J connectivity index is 1.64. The van der Waals surface area contributed by atoms with E-state index in [2.05, 4.69) is 57.3 Å². The van der Waals surface area contributed by atoms with Crippen LogP contribution in [0, 0.1) is 0 Å². The average Bonchev–Trinajstić information content (AvgIpc) is 2.40. The van der Waals surface area contributed by atoms with E-state index >= 15 is 0 Å². The summed E-state index contributed by atoms with van der Waals surface area (Å²) in [6, 6.07) is 9.18. The molecule has 1 N–H and O–H groups in total. The number of rotatable bonds is 6. The predicted octanol–water partition coefficient (Wildman–Crippen LogP) is 3.46. The van der Waals surface area contributed by atoms with Crippen LogP contribution >= 0.6 is 15.9 Å². The summed E-state index contributed by atoms with van der Waals surface area (Å²) in [5.41, 5.74) is 1.40. The average molecular weight is 325 g/mol. The lowest BCUT2D eigenvalue weighted by Gasteiger charge is -2.29. The van der Waals surface area contributed by atoms with Crippen molar-refractivity contribution < 1.29 is 0 Å². The van der Waals surface area contributed by atoms with E-state index in [0.29, 0.717) is 6.04 Å². The second-order valence-electron chi connectivity index (χ2n) is 5.60. The molecule has 3 heteroatoms. The molecule has 1 atom stereocenters. The zero-order chi connectivity index (χ0) is 13.5. The third-order valence-electron chi connectivity index (χ3n) is 3.78. The fraction of sp³-hybridized carbons (Fsp3) is 0.625. The van der Waals surface area contributed by atoms with Gasteiger partial charge in [0, 0.05) is 17.1 Å². The van der Waals surface area contributed by atoms with Gasteiger partial charge in [0.2, 0.25) is 0 Å². The first-order valence-corrected chi connectivity index (χ1v) is 8.23. The fourth-order valence-electron chi connectivity index (χ4n) is 2.75. The normalized spacial score (nSPS) is 18.4. The van der Waals surface area contributed by atoms with Crippen molar-refractivity contribution in [2.45, 2.75) is 38.6 Å². The zero-order valence-electron chi connectivity index (χ0n) is 11.9. The quantitative estimate of drug-likeness (QED) is 0.862. The molecule has 1 aromatic carbocycles. The summed E-state index contributed by atoms with van der Waals surface area (Å²) in [4.78, 5) is 2.60. The minimum Gasteiger partial charge on any atom is -0.313 e. The van der Waals surface area contributed by atoms with Crippen LogP contribution in [0.4, 0.5) is 0 Å². The molecule has 0 aliphatic carbocycles. The zero-order valence-corrected chi connectivity index (χ0v) is 13.5. The second kappa shape index (κ2) is 8.03. The van der Waals surface area contributed by atoms with Crippen LogP contribution in [0.1, 0.15) is 31.7 Å². The van der Waals surface area contributed by atoms with E-state index in [1.807, 2.05) is 0 Å². The lowest BCUT2D eigenvalue weighted by molar-refractivity contribution is 0.209. The molecule has 2 rings (SSSR count). The molecule has 0 aromatic heterocycles. The minimum absolute atomic E-state index is 0.588. The van der Waals surface area contributed by atoms with Gasteiger partial charge in [0.15, 0.2) is 0 Å². The molecule has 106 valence electrons. The van der Waals surface area contributed by atoms with E-state index in [0.717, 1.165) is 13.0 Å². The van der Waals surface area contributed by atoms with Gasteiger partial charge >= 0.3 is 0 Å². The van der Waals surface area contributed by atoms with Crippen molar-refractivity contribution in [2.75, 3.05) is 26.2 Å². The van der Waals surface area contributed by atoms with Gasteiger partial charge in [-0.2, -0.15) is 0 Å². The van der Waals surface area contributed by atoms with Gasteiger partial charge in [-0.15, -0.1) is 0 Å².